The van der Waals surface area contributed by atoms with Crippen LogP contribution in [0.1, 0.15) is 0 Å². The average molecular weight is 159 g/mol. The Hall–Kier alpha value is 0.314. The molecule has 0 atom stereocenters. The van der Waals surface area contributed by atoms with Gasteiger partial charge in [-0.2, -0.15) is 12.8 Å². The van der Waals surface area contributed by atoms with Crippen LogP contribution in [0.5, 0.6) is 0 Å². The van der Waals surface area contributed by atoms with E-state index in [-0.39, 0.29) is 32.7 Å². The Morgan fingerprint density at radius 3 is 2.33 bits per heavy atom. The second kappa shape index (κ2) is 9.00. The first-order valence-electron chi connectivity index (χ1n) is 1.15. The zero-order chi connectivity index (χ0) is 4.12. The largest absolute Gasteiger partial charge is 0.496 e. The summed E-state index contributed by atoms with van der Waals surface area (Å²) < 4.78 is 0. The molecule has 0 aromatic heterocycles. The molecule has 6 heavy (non-hydrogen) atoms. The van der Waals surface area contributed by atoms with Gasteiger partial charge in [-0.25, -0.2) is 0 Å². The molecular weight excluding hydrogens is 155 g/mol. The van der Waals surface area contributed by atoms with Gasteiger partial charge in [0.1, 0.15) is 0 Å². The monoisotopic (exact) mass is 159 g/mol. The number of carbonyl (C=O) groups excluding carboxylic acids is 1. The molecule has 3 heteroatoms. The molecule has 0 spiro atoms. The minimum atomic E-state index is 0. The third kappa shape index (κ3) is 8.85. The van der Waals surface area contributed by atoms with E-state index in [4.69, 9.17) is 4.79 Å². The van der Waals surface area contributed by atoms with Crippen LogP contribution in [0.25, 0.3) is 0 Å². The Morgan fingerprint density at radius 1 is 1.83 bits per heavy atom. The molecule has 0 aliphatic carbocycles. The molecule has 0 heterocycles. The summed E-state index contributed by atoms with van der Waals surface area (Å²) in [5, 5.41) is 2.07. The molecule has 0 aliphatic rings. The van der Waals surface area contributed by atoms with Crippen molar-refractivity contribution >= 4 is 6.41 Å². The Labute approximate surface area is 61.9 Å². The topological polar surface area (TPSA) is 29.1 Å². The predicted octanol–water partition coefficient (Wildman–Crippen LogP) is -0.216. The molecule has 31 valence electrons. The van der Waals surface area contributed by atoms with Crippen molar-refractivity contribution in [3.8, 4) is 0 Å². The third-order valence-corrected chi connectivity index (χ3v) is 0.161. The summed E-state index contributed by atoms with van der Waals surface area (Å²) in [4.78, 5) is 9.10. The molecule has 2 nitrogen and oxygen atoms in total. The summed E-state index contributed by atoms with van der Waals surface area (Å²) in [5.41, 5.74) is 0. The zero-order valence-electron chi connectivity index (χ0n) is 3.27. The van der Waals surface area contributed by atoms with Gasteiger partial charge in [0.05, 0.1) is 6.41 Å². The van der Waals surface area contributed by atoms with Crippen molar-refractivity contribution in [3.63, 3.8) is 0 Å². The fourth-order valence-electron chi connectivity index (χ4n) is 0.0417. The summed E-state index contributed by atoms with van der Waals surface area (Å²) in [5.74, 6) is 0. The fraction of sp³-hybridized carbons (Fsp3) is 0. The fourth-order valence-corrected chi connectivity index (χ4v) is 0.0417. The predicted molar refractivity (Wildman–Crippen MR) is 19.0 cm³/mol. The Morgan fingerprint density at radius 2 is 2.33 bits per heavy atom. The minimum Gasteiger partial charge on any atom is -0.496 e. The van der Waals surface area contributed by atoms with Crippen LogP contribution in [-0.4, -0.2) is 6.41 Å². The Kier molecular flexibility index (Phi) is 14.4. The van der Waals surface area contributed by atoms with Gasteiger partial charge in [-0.3, -0.25) is 0 Å². The summed E-state index contributed by atoms with van der Waals surface area (Å²) in [6.45, 7) is 3.18. The van der Waals surface area contributed by atoms with Crippen molar-refractivity contribution in [2.24, 2.45) is 0 Å². The quantitative estimate of drug-likeness (QED) is 0.438. The molecule has 1 N–H and O–H groups in total. The van der Waals surface area contributed by atoms with Gasteiger partial charge in [0.25, 0.3) is 0 Å². The molecule has 0 rings (SSSR count). The van der Waals surface area contributed by atoms with Gasteiger partial charge in [0.2, 0.25) is 0 Å². The van der Waals surface area contributed by atoms with Crippen LogP contribution in [-0.2, 0) is 37.5 Å². The molecule has 0 fully saturated rings. The van der Waals surface area contributed by atoms with Gasteiger partial charge in [0, 0.05) is 32.7 Å². The van der Waals surface area contributed by atoms with Gasteiger partial charge < -0.3 is 10.1 Å². The van der Waals surface area contributed by atoms with Crippen molar-refractivity contribution in [1.82, 2.24) is 5.32 Å². The first-order chi connectivity index (χ1) is 2.41. The van der Waals surface area contributed by atoms with E-state index >= 15 is 0 Å². The second-order valence-corrected chi connectivity index (χ2v) is 0.451. The van der Waals surface area contributed by atoms with Gasteiger partial charge in [-0.15, -0.1) is 0 Å². The average Bonchev–Trinajstić information content (AvgIpc) is 1.41. The zero-order valence-corrected chi connectivity index (χ0v) is 6.11. The maximum atomic E-state index is 9.10. The van der Waals surface area contributed by atoms with Crippen LogP contribution in [0.4, 0.5) is 0 Å². The normalized spacial score (nSPS) is 4.67. The van der Waals surface area contributed by atoms with Crippen molar-refractivity contribution < 1.29 is 37.5 Å². The summed E-state index contributed by atoms with van der Waals surface area (Å²) in [6, 6.07) is 0. The first-order valence-corrected chi connectivity index (χ1v) is 1.15. The van der Waals surface area contributed by atoms with Gasteiger partial charge in [-0.05, 0) is 0 Å². The van der Waals surface area contributed by atoms with Crippen LogP contribution < -0.4 is 5.32 Å². The standard InChI is InChI=1S/C3H4NO.Y/c1-2-4-3-5;/h2H,1H2,(H,4,5);/q-1;. The number of amides is 1. The van der Waals surface area contributed by atoms with E-state index in [9.17, 15) is 0 Å². The van der Waals surface area contributed by atoms with Crippen LogP contribution in [0.15, 0.2) is 12.8 Å². The van der Waals surface area contributed by atoms with E-state index in [0.29, 0.717) is 0 Å². The van der Waals surface area contributed by atoms with Crippen molar-refractivity contribution in [1.29, 1.82) is 0 Å². The summed E-state index contributed by atoms with van der Waals surface area (Å²) >= 11 is 0. The van der Waals surface area contributed by atoms with E-state index in [1.54, 1.807) is 0 Å². The number of hydrogen-bond donors (Lipinski definition) is 1. The van der Waals surface area contributed by atoms with Crippen LogP contribution in [0.2, 0.25) is 0 Å². The second-order valence-electron chi connectivity index (χ2n) is 0.451. The van der Waals surface area contributed by atoms with Gasteiger partial charge >= 0.3 is 0 Å². The number of nitrogens with one attached hydrogen (secondary N) is 1. The van der Waals surface area contributed by atoms with Crippen LogP contribution in [0, 0.1) is 0 Å². The van der Waals surface area contributed by atoms with Crippen molar-refractivity contribution in [2.45, 2.75) is 0 Å². The molecule has 0 saturated carbocycles. The van der Waals surface area contributed by atoms with Crippen LogP contribution >= 0.6 is 0 Å². The molecule has 1 radical (unpaired) electrons. The van der Waals surface area contributed by atoms with Gasteiger partial charge in [0.15, 0.2) is 0 Å². The number of hydrogen-bond acceptors (Lipinski definition) is 1. The first kappa shape index (κ1) is 9.58. The van der Waals surface area contributed by atoms with E-state index in [1.165, 1.54) is 12.6 Å². The SMILES string of the molecule is C=CN[C-]=O.[Y]. The van der Waals surface area contributed by atoms with Crippen molar-refractivity contribution in [2.75, 3.05) is 0 Å². The maximum absolute atomic E-state index is 9.10. The summed E-state index contributed by atoms with van der Waals surface area (Å²) in [6.07, 6.45) is 2.66. The van der Waals surface area contributed by atoms with Crippen molar-refractivity contribution in [3.05, 3.63) is 12.8 Å². The van der Waals surface area contributed by atoms with E-state index in [1.807, 2.05) is 0 Å². The minimum absolute atomic E-state index is 0. The molecule has 0 aromatic rings. The number of rotatable bonds is 2. The van der Waals surface area contributed by atoms with Crippen LogP contribution in [0.3, 0.4) is 0 Å². The Bertz CT molecular complexity index is 40.1. The third-order valence-electron chi connectivity index (χ3n) is 0.161. The van der Waals surface area contributed by atoms with E-state index in [2.05, 4.69) is 11.9 Å². The molecular formula is C3H4NOY-. The van der Waals surface area contributed by atoms with E-state index < -0.39 is 0 Å². The molecule has 0 bridgehead atoms. The van der Waals surface area contributed by atoms with Gasteiger partial charge in [-0.1, -0.05) is 0 Å². The Balaban J connectivity index is 0. The maximum Gasteiger partial charge on any atom is 0.0688 e. The molecule has 0 aliphatic heterocycles. The molecule has 0 unspecified atom stereocenters. The molecule has 0 saturated heterocycles. The molecule has 1 amide bonds. The summed E-state index contributed by atoms with van der Waals surface area (Å²) in [7, 11) is 0. The smallest absolute Gasteiger partial charge is 0.0688 e. The molecule has 0 aromatic carbocycles. The van der Waals surface area contributed by atoms with E-state index in [0.717, 1.165) is 0 Å².